The number of phenols is 1. The van der Waals surface area contributed by atoms with E-state index in [4.69, 9.17) is 25.5 Å². The Bertz CT molecular complexity index is 2280. The fourth-order valence-electron chi connectivity index (χ4n) is 9.65. The molecule has 8 nitrogen and oxygen atoms in total. The summed E-state index contributed by atoms with van der Waals surface area (Å²) < 4.78 is 73.3. The monoisotopic (exact) mass is 713 g/mol. The van der Waals surface area contributed by atoms with Crippen LogP contribution in [-0.2, 0) is 0 Å². The molecular weight excluding hydrogens is 674 g/mol. The average Bonchev–Trinajstić information content (AvgIpc) is 3.84. The minimum absolute atomic E-state index is 0.0260. The van der Waals surface area contributed by atoms with Crippen molar-refractivity contribution >= 4 is 38.5 Å². The lowest BCUT2D eigenvalue weighted by Crippen LogP contribution is -2.54. The van der Waals surface area contributed by atoms with Crippen LogP contribution in [0, 0.1) is 30.9 Å². The molecule has 0 spiro atoms. The van der Waals surface area contributed by atoms with Gasteiger partial charge in [0.25, 0.3) is 0 Å². The summed E-state index contributed by atoms with van der Waals surface area (Å²) in [5.74, 6) is 1.83. The third-order valence-corrected chi connectivity index (χ3v) is 11.8. The Balaban J connectivity index is 1.26. The van der Waals surface area contributed by atoms with E-state index in [1.54, 1.807) is 6.92 Å². The first kappa shape index (κ1) is 33.3. The molecule has 6 heterocycles. The number of phenolic OH excluding ortho intramolecular Hbond substituents is 1. The van der Waals surface area contributed by atoms with Gasteiger partial charge in [0.05, 0.1) is 28.7 Å². The van der Waals surface area contributed by atoms with E-state index >= 15 is 8.78 Å². The summed E-state index contributed by atoms with van der Waals surface area (Å²) in [4.78, 5) is 16.4. The SMILES string of the molecule is C#Cc1c(F)ccc2cc(O)cc(-c3c(F)c4nc(OC[C@@]56CCCN5C[C@H](F)C6)nc(N5CC6CCC(C5)N6CCCF)c4c4cc(C)oc34)c12. The van der Waals surface area contributed by atoms with Gasteiger partial charge in [-0.2, -0.15) is 9.97 Å². The van der Waals surface area contributed by atoms with E-state index in [-0.39, 0.29) is 70.3 Å². The molecule has 3 aromatic carbocycles. The number of aromatic nitrogens is 2. The lowest BCUT2D eigenvalue weighted by molar-refractivity contribution is 0.107. The summed E-state index contributed by atoms with van der Waals surface area (Å²) >= 11 is 0. The molecular formula is C40H39F4N5O3. The molecule has 4 saturated heterocycles. The first-order chi connectivity index (χ1) is 25.2. The van der Waals surface area contributed by atoms with Crippen LogP contribution in [0.15, 0.2) is 34.7 Å². The summed E-state index contributed by atoms with van der Waals surface area (Å²) in [5.41, 5.74) is -0.262. The minimum Gasteiger partial charge on any atom is -0.508 e. The zero-order valence-electron chi connectivity index (χ0n) is 28.9. The van der Waals surface area contributed by atoms with Crippen molar-refractivity contribution < 1.29 is 31.8 Å². The molecule has 2 unspecified atom stereocenters. The molecule has 52 heavy (non-hydrogen) atoms. The van der Waals surface area contributed by atoms with Crippen LogP contribution < -0.4 is 9.64 Å². The van der Waals surface area contributed by atoms with E-state index in [1.165, 1.54) is 24.3 Å². The van der Waals surface area contributed by atoms with Gasteiger partial charge in [0.15, 0.2) is 5.82 Å². The van der Waals surface area contributed by atoms with Crippen LogP contribution in [-0.4, -0.2) is 94.7 Å². The molecule has 0 aliphatic carbocycles. The number of terminal acetylenes is 1. The molecule has 0 radical (unpaired) electrons. The number of fused-ring (bicyclic) bond motifs is 7. The molecule has 2 bridgehead atoms. The van der Waals surface area contributed by atoms with E-state index in [0.717, 1.165) is 32.2 Å². The van der Waals surface area contributed by atoms with E-state index in [2.05, 4.69) is 20.6 Å². The van der Waals surface area contributed by atoms with E-state index in [9.17, 15) is 13.9 Å². The molecule has 0 amide bonds. The minimum atomic E-state index is -0.950. The normalized spacial score (nSPS) is 24.8. The van der Waals surface area contributed by atoms with Gasteiger partial charge >= 0.3 is 6.01 Å². The predicted molar refractivity (Wildman–Crippen MR) is 191 cm³/mol. The Morgan fingerprint density at radius 1 is 1.10 bits per heavy atom. The number of alkyl halides is 2. The Morgan fingerprint density at radius 3 is 2.67 bits per heavy atom. The summed E-state index contributed by atoms with van der Waals surface area (Å²) in [5, 5.41) is 12.5. The van der Waals surface area contributed by atoms with Gasteiger partial charge in [0.1, 0.15) is 47.0 Å². The quantitative estimate of drug-likeness (QED) is 0.131. The lowest BCUT2D eigenvalue weighted by atomic mass is 9.91. The molecule has 1 N–H and O–H groups in total. The Morgan fingerprint density at radius 2 is 1.90 bits per heavy atom. The molecule has 4 aliphatic heterocycles. The fraction of sp³-hybridized carbons (Fsp3) is 0.450. The molecule has 4 fully saturated rings. The van der Waals surface area contributed by atoms with E-state index < -0.39 is 23.3 Å². The van der Waals surface area contributed by atoms with Gasteiger partial charge < -0.3 is 19.2 Å². The highest BCUT2D eigenvalue weighted by molar-refractivity contribution is 6.18. The number of hydrogen-bond acceptors (Lipinski definition) is 8. The van der Waals surface area contributed by atoms with Gasteiger partial charge in [-0.15, -0.1) is 6.42 Å². The van der Waals surface area contributed by atoms with Crippen LogP contribution in [0.25, 0.3) is 43.8 Å². The highest BCUT2D eigenvalue weighted by Gasteiger charge is 2.49. The lowest BCUT2D eigenvalue weighted by Gasteiger charge is -2.42. The van der Waals surface area contributed by atoms with Gasteiger partial charge in [-0.05, 0) is 75.2 Å². The van der Waals surface area contributed by atoms with Crippen LogP contribution >= 0.6 is 0 Å². The molecule has 9 rings (SSSR count). The number of rotatable bonds is 8. The summed E-state index contributed by atoms with van der Waals surface area (Å²) in [7, 11) is 0. The zero-order chi connectivity index (χ0) is 35.9. The van der Waals surface area contributed by atoms with Crippen molar-refractivity contribution in [3.05, 3.63) is 53.3 Å². The van der Waals surface area contributed by atoms with Crippen molar-refractivity contribution in [3.8, 4) is 35.2 Å². The predicted octanol–water partition coefficient (Wildman–Crippen LogP) is 7.44. The number of hydrogen-bond donors (Lipinski definition) is 1. The molecule has 0 saturated carbocycles. The van der Waals surface area contributed by atoms with Crippen LogP contribution in [0.3, 0.4) is 0 Å². The fourth-order valence-corrected chi connectivity index (χ4v) is 9.65. The molecule has 270 valence electrons. The second-order valence-corrected chi connectivity index (χ2v) is 14.9. The number of halogens is 4. The van der Waals surface area contributed by atoms with Gasteiger partial charge in [-0.25, -0.2) is 13.2 Å². The molecule has 2 aromatic heterocycles. The summed E-state index contributed by atoms with van der Waals surface area (Å²) in [6.07, 6.45) is 9.31. The van der Waals surface area contributed by atoms with Gasteiger partial charge in [0, 0.05) is 61.0 Å². The number of ether oxygens (including phenoxy) is 1. The van der Waals surface area contributed by atoms with Gasteiger partial charge in [-0.3, -0.25) is 14.2 Å². The number of aryl methyl sites for hydroxylation is 1. The summed E-state index contributed by atoms with van der Waals surface area (Å²) in [6, 6.07) is 7.65. The molecule has 4 aliphatic rings. The van der Waals surface area contributed by atoms with Crippen molar-refractivity contribution in [2.24, 2.45) is 0 Å². The van der Waals surface area contributed by atoms with E-state index in [0.29, 0.717) is 66.8 Å². The van der Waals surface area contributed by atoms with Crippen LogP contribution in [0.5, 0.6) is 11.8 Å². The second-order valence-electron chi connectivity index (χ2n) is 14.9. The maximum absolute atomic E-state index is 17.6. The standard InChI is InChI=1S/C40H39F4N5O3/c1-3-28-31(43)9-6-23-15-27(50)16-29(32(23)28)33-35(44)36-34(30-14-22(2)52-37(30)33)38(47-19-25-7-8-26(20-47)49(25)13-5-11-41)46-39(45-36)51-21-40-10-4-12-48(40)18-24(42)17-40/h1,6,9,14-16,24-26,50H,4-5,7-8,10-13,17-21H2,2H3/t24-,25?,26?,40+/m1/s1. The topological polar surface area (TPSA) is 78.1 Å². The number of furan rings is 1. The highest BCUT2D eigenvalue weighted by Crippen LogP contribution is 2.47. The highest BCUT2D eigenvalue weighted by atomic mass is 19.1. The maximum atomic E-state index is 17.6. The Hall–Kier alpha value is -4.60. The Kier molecular flexibility index (Phi) is 8.01. The van der Waals surface area contributed by atoms with Crippen molar-refractivity contribution in [3.63, 3.8) is 0 Å². The van der Waals surface area contributed by atoms with Crippen molar-refractivity contribution in [2.45, 2.75) is 69.2 Å². The average molecular weight is 714 g/mol. The first-order valence-electron chi connectivity index (χ1n) is 18.1. The zero-order valence-corrected chi connectivity index (χ0v) is 28.9. The van der Waals surface area contributed by atoms with Crippen molar-refractivity contribution in [1.29, 1.82) is 0 Å². The molecule has 12 heteroatoms. The Labute approximate surface area is 298 Å². The molecule has 4 atom stereocenters. The number of benzene rings is 3. The smallest absolute Gasteiger partial charge is 0.319 e. The summed E-state index contributed by atoms with van der Waals surface area (Å²) in [6.45, 7) is 4.56. The number of aromatic hydroxyl groups is 1. The van der Waals surface area contributed by atoms with Crippen molar-refractivity contribution in [2.75, 3.05) is 50.9 Å². The first-order valence-corrected chi connectivity index (χ1v) is 18.1. The number of piperazine rings is 1. The van der Waals surface area contributed by atoms with Gasteiger partial charge in [-0.1, -0.05) is 12.0 Å². The van der Waals surface area contributed by atoms with Gasteiger partial charge in [0.2, 0.25) is 0 Å². The third-order valence-electron chi connectivity index (χ3n) is 11.8. The van der Waals surface area contributed by atoms with E-state index in [1.807, 2.05) is 6.07 Å². The van der Waals surface area contributed by atoms with Crippen LogP contribution in [0.2, 0.25) is 0 Å². The third kappa shape index (κ3) is 5.18. The number of anilines is 1. The van der Waals surface area contributed by atoms with Crippen LogP contribution in [0.4, 0.5) is 23.4 Å². The van der Waals surface area contributed by atoms with Crippen LogP contribution in [0.1, 0.15) is 49.8 Å². The van der Waals surface area contributed by atoms with Crippen molar-refractivity contribution in [1.82, 2.24) is 19.8 Å². The second kappa shape index (κ2) is 12.5. The molecule has 5 aromatic rings. The maximum Gasteiger partial charge on any atom is 0.319 e. The number of nitrogens with zero attached hydrogens (tertiary/aromatic N) is 5. The largest absolute Gasteiger partial charge is 0.508 e.